The third kappa shape index (κ3) is 8.03. The lowest BCUT2D eigenvalue weighted by Gasteiger charge is -2.31. The molecule has 2 aromatic heterocycles. The van der Waals surface area contributed by atoms with Crippen LogP contribution >= 0.6 is 7.44 Å². The molecule has 2 atom stereocenters. The van der Waals surface area contributed by atoms with Gasteiger partial charge in [-0.1, -0.05) is 33.1 Å². The Bertz CT molecular complexity index is 950. The van der Waals surface area contributed by atoms with Gasteiger partial charge in [-0.15, -0.1) is 0 Å². The molecule has 12 heteroatoms. The number of unbranched alkanes of at least 4 members (excludes halogenated alkanes) is 3. The van der Waals surface area contributed by atoms with Crippen LogP contribution in [0, 0.1) is 0 Å². The zero-order valence-corrected chi connectivity index (χ0v) is 21.2. The number of anilines is 1. The molecule has 0 saturated carbocycles. The molecule has 0 aromatic carbocycles. The molecule has 0 aliphatic carbocycles. The maximum absolute atomic E-state index is 13.5. The Morgan fingerprint density at radius 2 is 2.00 bits per heavy atom. The predicted octanol–water partition coefficient (Wildman–Crippen LogP) is 3.07. The molecule has 0 saturated heterocycles. The fourth-order valence-electron chi connectivity index (χ4n) is 3.34. The van der Waals surface area contributed by atoms with Crippen LogP contribution in [0.25, 0.3) is 11.2 Å². The standard InChI is InChI=1S/C21H38N7O4P/c1-6-8-9-10-11-31-20(29)21(4,5)27-33(30,26-7-2)15-32-16(3)12-28-14-25-17-18(22)23-13-24-19(17)28/h13-14,16H,6-12,15H2,1-5H3,(H2,22,23,24)(H2,26,27,30)/t16-,33?/m1/s1. The van der Waals surface area contributed by atoms with Gasteiger partial charge in [0.25, 0.3) is 0 Å². The van der Waals surface area contributed by atoms with Crippen molar-refractivity contribution in [3.05, 3.63) is 12.7 Å². The zero-order valence-electron chi connectivity index (χ0n) is 20.3. The minimum atomic E-state index is -3.24. The van der Waals surface area contributed by atoms with Crippen LogP contribution in [0.5, 0.6) is 0 Å². The maximum Gasteiger partial charge on any atom is 0.326 e. The molecule has 11 nitrogen and oxygen atoms in total. The molecule has 2 rings (SSSR count). The van der Waals surface area contributed by atoms with E-state index in [1.54, 1.807) is 20.2 Å². The third-order valence-electron chi connectivity index (χ3n) is 5.04. The molecule has 2 aromatic rings. The Kier molecular flexibility index (Phi) is 10.2. The molecule has 2 heterocycles. The number of ether oxygens (including phenoxy) is 2. The van der Waals surface area contributed by atoms with Gasteiger partial charge in [0.05, 0.1) is 25.6 Å². The molecular formula is C21H38N7O4P. The average molecular weight is 484 g/mol. The molecule has 0 fully saturated rings. The van der Waals surface area contributed by atoms with Crippen molar-refractivity contribution in [2.75, 3.05) is 25.2 Å². The summed E-state index contributed by atoms with van der Waals surface area (Å²) < 4.78 is 26.6. The van der Waals surface area contributed by atoms with Gasteiger partial charge in [0.2, 0.25) is 7.44 Å². The summed E-state index contributed by atoms with van der Waals surface area (Å²) in [5, 5.41) is 5.92. The zero-order chi connectivity index (χ0) is 24.5. The van der Waals surface area contributed by atoms with Gasteiger partial charge in [0.1, 0.15) is 23.7 Å². The first-order valence-corrected chi connectivity index (χ1v) is 13.3. The van der Waals surface area contributed by atoms with Crippen LogP contribution in [0.15, 0.2) is 12.7 Å². The largest absolute Gasteiger partial charge is 0.464 e. The van der Waals surface area contributed by atoms with Crippen molar-refractivity contribution in [2.45, 2.75) is 78.5 Å². The number of nitrogen functional groups attached to an aromatic ring is 1. The fourth-order valence-corrected chi connectivity index (χ4v) is 5.54. The second-order valence-electron chi connectivity index (χ2n) is 8.62. The quantitative estimate of drug-likeness (QED) is 0.196. The van der Waals surface area contributed by atoms with Crippen LogP contribution in [0.1, 0.15) is 60.3 Å². The first-order valence-electron chi connectivity index (χ1n) is 11.5. The van der Waals surface area contributed by atoms with Crippen LogP contribution in [-0.4, -0.2) is 56.6 Å². The van der Waals surface area contributed by atoms with E-state index in [-0.39, 0.29) is 12.5 Å². The van der Waals surface area contributed by atoms with E-state index in [1.807, 2.05) is 18.4 Å². The number of rotatable bonds is 15. The van der Waals surface area contributed by atoms with Gasteiger partial charge in [-0.3, -0.25) is 14.4 Å². The number of nitrogens with zero attached hydrogens (tertiary/aromatic N) is 4. The second kappa shape index (κ2) is 12.4. The number of hydrogen-bond donors (Lipinski definition) is 3. The highest BCUT2D eigenvalue weighted by Gasteiger charge is 2.37. The SMILES string of the molecule is CCCCCCOC(=O)C(C)(C)NP(=O)(CO[C@H](C)Cn1cnc2c(N)ncnc21)NCC. The molecule has 0 aliphatic rings. The van der Waals surface area contributed by atoms with Gasteiger partial charge in [0, 0.05) is 6.54 Å². The average Bonchev–Trinajstić information content (AvgIpc) is 3.16. The summed E-state index contributed by atoms with van der Waals surface area (Å²) in [5.74, 6) is -0.125. The number of hydrogen-bond acceptors (Lipinski definition) is 8. The minimum Gasteiger partial charge on any atom is -0.464 e. The van der Waals surface area contributed by atoms with E-state index < -0.39 is 19.0 Å². The highest BCUT2D eigenvalue weighted by Crippen LogP contribution is 2.39. The summed E-state index contributed by atoms with van der Waals surface area (Å²) in [6.45, 7) is 10.4. The van der Waals surface area contributed by atoms with Crippen molar-refractivity contribution in [3.63, 3.8) is 0 Å². The Labute approximate surface area is 195 Å². The van der Waals surface area contributed by atoms with Gasteiger partial charge in [-0.2, -0.15) is 0 Å². The van der Waals surface area contributed by atoms with E-state index in [4.69, 9.17) is 15.2 Å². The maximum atomic E-state index is 13.5. The Morgan fingerprint density at radius 3 is 2.70 bits per heavy atom. The van der Waals surface area contributed by atoms with Crippen molar-refractivity contribution in [1.29, 1.82) is 0 Å². The summed E-state index contributed by atoms with van der Waals surface area (Å²) in [5.41, 5.74) is 5.83. The van der Waals surface area contributed by atoms with Crippen molar-refractivity contribution in [1.82, 2.24) is 29.7 Å². The summed E-state index contributed by atoms with van der Waals surface area (Å²) in [4.78, 5) is 25.0. The summed E-state index contributed by atoms with van der Waals surface area (Å²) in [6, 6.07) is 0. The number of nitrogens with one attached hydrogen (secondary N) is 2. The van der Waals surface area contributed by atoms with Crippen molar-refractivity contribution in [2.24, 2.45) is 0 Å². The molecule has 33 heavy (non-hydrogen) atoms. The van der Waals surface area contributed by atoms with E-state index in [0.29, 0.717) is 36.7 Å². The molecule has 0 spiro atoms. The monoisotopic (exact) mass is 483 g/mol. The number of carbonyl (C=O) groups excluding carboxylic acids is 1. The normalized spacial score (nSPS) is 14.8. The number of fused-ring (bicyclic) bond motifs is 1. The lowest BCUT2D eigenvalue weighted by molar-refractivity contribution is -0.149. The summed E-state index contributed by atoms with van der Waals surface area (Å²) in [6.07, 6.45) is 6.67. The number of nitrogens with two attached hydrogens (primary N) is 1. The van der Waals surface area contributed by atoms with Crippen molar-refractivity contribution >= 4 is 30.4 Å². The molecule has 0 bridgehead atoms. The van der Waals surface area contributed by atoms with E-state index in [2.05, 4.69) is 32.1 Å². The number of esters is 1. The summed E-state index contributed by atoms with van der Waals surface area (Å²) >= 11 is 0. The Hall–Kier alpha value is -2.07. The Morgan fingerprint density at radius 1 is 1.24 bits per heavy atom. The van der Waals surface area contributed by atoms with E-state index >= 15 is 0 Å². The third-order valence-corrected chi connectivity index (χ3v) is 7.30. The molecule has 0 amide bonds. The fraction of sp³-hybridized carbons (Fsp3) is 0.714. The van der Waals surface area contributed by atoms with E-state index in [9.17, 15) is 9.36 Å². The molecule has 4 N–H and O–H groups in total. The topological polar surface area (TPSA) is 146 Å². The van der Waals surface area contributed by atoms with E-state index in [0.717, 1.165) is 25.7 Å². The number of carbonyl (C=O) groups is 1. The predicted molar refractivity (Wildman–Crippen MR) is 129 cm³/mol. The lowest BCUT2D eigenvalue weighted by Crippen LogP contribution is -2.48. The van der Waals surface area contributed by atoms with Crippen LogP contribution in [0.3, 0.4) is 0 Å². The second-order valence-corrected chi connectivity index (χ2v) is 10.9. The highest BCUT2D eigenvalue weighted by atomic mass is 31.2. The lowest BCUT2D eigenvalue weighted by atomic mass is 10.1. The minimum absolute atomic E-state index is 0.0982. The number of aromatic nitrogens is 4. The van der Waals surface area contributed by atoms with Crippen molar-refractivity contribution in [3.8, 4) is 0 Å². The first-order chi connectivity index (χ1) is 15.6. The van der Waals surface area contributed by atoms with Crippen LogP contribution in [0.4, 0.5) is 5.82 Å². The summed E-state index contributed by atoms with van der Waals surface area (Å²) in [7, 11) is -3.24. The van der Waals surface area contributed by atoms with Crippen LogP contribution in [-0.2, 0) is 25.4 Å². The van der Waals surface area contributed by atoms with Crippen molar-refractivity contribution < 1.29 is 18.8 Å². The highest BCUT2D eigenvalue weighted by molar-refractivity contribution is 7.59. The van der Waals surface area contributed by atoms with Gasteiger partial charge in [0.15, 0.2) is 11.5 Å². The van der Waals surface area contributed by atoms with E-state index in [1.165, 1.54) is 6.33 Å². The smallest absolute Gasteiger partial charge is 0.326 e. The Balaban J connectivity index is 1.94. The molecular weight excluding hydrogens is 445 g/mol. The van der Waals surface area contributed by atoms with Gasteiger partial charge < -0.3 is 19.8 Å². The number of imidazole rings is 1. The first kappa shape index (κ1) is 27.2. The van der Waals surface area contributed by atoms with Gasteiger partial charge in [-0.05, 0) is 27.2 Å². The van der Waals surface area contributed by atoms with Crippen LogP contribution in [0.2, 0.25) is 0 Å². The molecule has 0 aliphatic heterocycles. The van der Waals surface area contributed by atoms with Gasteiger partial charge >= 0.3 is 5.97 Å². The molecule has 186 valence electrons. The van der Waals surface area contributed by atoms with Crippen LogP contribution < -0.4 is 15.9 Å². The molecule has 0 radical (unpaired) electrons. The van der Waals surface area contributed by atoms with Gasteiger partial charge in [-0.25, -0.2) is 20.0 Å². The molecule has 1 unspecified atom stereocenters.